The summed E-state index contributed by atoms with van der Waals surface area (Å²) in [7, 11) is 0. The Morgan fingerprint density at radius 2 is 1.91 bits per heavy atom. The molecule has 2 rings (SSSR count). The van der Waals surface area contributed by atoms with Crippen LogP contribution in [0.2, 0.25) is 0 Å². The van der Waals surface area contributed by atoms with E-state index in [4.69, 9.17) is 9.15 Å². The van der Waals surface area contributed by atoms with Crippen molar-refractivity contribution in [3.05, 3.63) is 54.0 Å². The van der Waals surface area contributed by atoms with Gasteiger partial charge in [-0.1, -0.05) is 32.9 Å². The maximum Gasteiger partial charge on any atom is 0.277 e. The van der Waals surface area contributed by atoms with Crippen LogP contribution >= 0.6 is 0 Å². The van der Waals surface area contributed by atoms with Crippen molar-refractivity contribution in [1.29, 1.82) is 0 Å². The van der Waals surface area contributed by atoms with Gasteiger partial charge in [0.15, 0.2) is 6.61 Å². The average Bonchev–Trinajstić information content (AvgIpc) is 3.04. The van der Waals surface area contributed by atoms with E-state index in [-0.39, 0.29) is 17.9 Å². The number of ether oxygens (including phenoxy) is 1. The number of hydrogen-bond donors (Lipinski definition) is 1. The van der Waals surface area contributed by atoms with Gasteiger partial charge in [-0.25, -0.2) is 5.43 Å². The highest BCUT2D eigenvalue weighted by molar-refractivity contribution is 5.96. The lowest BCUT2D eigenvalue weighted by atomic mass is 9.87. The largest absolute Gasteiger partial charge is 0.484 e. The Hall–Kier alpha value is -2.56. The van der Waals surface area contributed by atoms with Crippen LogP contribution in [-0.2, 0) is 10.2 Å². The number of carbonyl (C=O) groups excluding carboxylic acids is 1. The maximum absolute atomic E-state index is 11.7. The van der Waals surface area contributed by atoms with Crippen LogP contribution in [0.4, 0.5) is 0 Å². The Labute approximate surface area is 136 Å². The molecule has 5 nitrogen and oxygen atoms in total. The SMILES string of the molecule is CC(=NNC(=O)COc1ccc(C(C)(C)C)cc1)c1ccco1. The van der Waals surface area contributed by atoms with E-state index in [0.717, 1.165) is 0 Å². The molecule has 0 unspecified atom stereocenters. The molecule has 0 fully saturated rings. The van der Waals surface area contributed by atoms with Crippen LogP contribution < -0.4 is 10.2 Å². The second-order valence-corrected chi connectivity index (χ2v) is 6.27. The van der Waals surface area contributed by atoms with Gasteiger partial charge in [-0.2, -0.15) is 5.10 Å². The van der Waals surface area contributed by atoms with E-state index in [1.165, 1.54) is 5.56 Å². The molecule has 0 bridgehead atoms. The van der Waals surface area contributed by atoms with Crippen molar-refractivity contribution in [1.82, 2.24) is 5.43 Å². The Balaban J connectivity index is 1.84. The molecule has 122 valence electrons. The van der Waals surface area contributed by atoms with E-state index in [9.17, 15) is 4.79 Å². The molecule has 23 heavy (non-hydrogen) atoms. The Kier molecular flexibility index (Phi) is 5.21. The summed E-state index contributed by atoms with van der Waals surface area (Å²) in [6.07, 6.45) is 1.56. The Morgan fingerprint density at radius 1 is 1.22 bits per heavy atom. The monoisotopic (exact) mass is 314 g/mol. The highest BCUT2D eigenvalue weighted by Crippen LogP contribution is 2.24. The van der Waals surface area contributed by atoms with Gasteiger partial charge in [0, 0.05) is 0 Å². The molecule has 1 amide bonds. The van der Waals surface area contributed by atoms with Crippen LogP contribution in [0, 0.1) is 0 Å². The highest BCUT2D eigenvalue weighted by Gasteiger charge is 2.13. The van der Waals surface area contributed by atoms with Crippen LogP contribution in [0.5, 0.6) is 5.75 Å². The molecule has 5 heteroatoms. The number of benzene rings is 1. The number of furan rings is 1. The summed E-state index contributed by atoms with van der Waals surface area (Å²) >= 11 is 0. The number of hydrazone groups is 1. The zero-order valence-electron chi connectivity index (χ0n) is 13.9. The lowest BCUT2D eigenvalue weighted by Gasteiger charge is -2.19. The van der Waals surface area contributed by atoms with Crippen molar-refractivity contribution in [2.75, 3.05) is 6.61 Å². The van der Waals surface area contributed by atoms with Crippen molar-refractivity contribution in [3.63, 3.8) is 0 Å². The van der Waals surface area contributed by atoms with Crippen LogP contribution in [0.3, 0.4) is 0 Å². The summed E-state index contributed by atoms with van der Waals surface area (Å²) in [6.45, 7) is 8.11. The molecule has 1 aromatic carbocycles. The van der Waals surface area contributed by atoms with E-state index < -0.39 is 0 Å². The first-order valence-electron chi connectivity index (χ1n) is 7.46. The Morgan fingerprint density at radius 3 is 2.48 bits per heavy atom. The molecule has 0 spiro atoms. The number of rotatable bonds is 5. The highest BCUT2D eigenvalue weighted by atomic mass is 16.5. The van der Waals surface area contributed by atoms with Crippen molar-refractivity contribution in [2.24, 2.45) is 5.10 Å². The molecule has 0 saturated carbocycles. The average molecular weight is 314 g/mol. The van der Waals surface area contributed by atoms with E-state index in [2.05, 4.69) is 31.3 Å². The van der Waals surface area contributed by atoms with Crippen molar-refractivity contribution < 1.29 is 13.9 Å². The van der Waals surface area contributed by atoms with Crippen molar-refractivity contribution in [3.8, 4) is 5.75 Å². The first kappa shape index (κ1) is 16.8. The summed E-state index contributed by atoms with van der Waals surface area (Å²) in [5.74, 6) is 0.944. The minimum atomic E-state index is -0.323. The molecule has 0 aliphatic carbocycles. The second kappa shape index (κ2) is 7.13. The predicted molar refractivity (Wildman–Crippen MR) is 89.7 cm³/mol. The molecular formula is C18H22N2O3. The summed E-state index contributed by atoms with van der Waals surface area (Å²) in [6, 6.07) is 11.3. The van der Waals surface area contributed by atoms with Gasteiger partial charge in [0.05, 0.1) is 6.26 Å². The molecule has 0 radical (unpaired) electrons. The lowest BCUT2D eigenvalue weighted by Crippen LogP contribution is -2.25. The fourth-order valence-electron chi connectivity index (χ4n) is 1.92. The zero-order chi connectivity index (χ0) is 16.9. The number of nitrogens with one attached hydrogen (secondary N) is 1. The van der Waals surface area contributed by atoms with E-state index in [1.807, 2.05) is 24.3 Å². The maximum atomic E-state index is 11.7. The smallest absolute Gasteiger partial charge is 0.277 e. The fraction of sp³-hybridized carbons (Fsp3) is 0.333. The normalized spacial score (nSPS) is 12.1. The molecule has 1 aromatic heterocycles. The number of amides is 1. The third kappa shape index (κ3) is 4.98. The summed E-state index contributed by atoms with van der Waals surface area (Å²) < 4.78 is 10.6. The molecular weight excluding hydrogens is 292 g/mol. The number of carbonyl (C=O) groups is 1. The molecule has 1 N–H and O–H groups in total. The topological polar surface area (TPSA) is 63.8 Å². The molecule has 0 saturated heterocycles. The molecule has 1 heterocycles. The van der Waals surface area contributed by atoms with Crippen LogP contribution in [0.1, 0.15) is 39.0 Å². The van der Waals surface area contributed by atoms with Gasteiger partial charge < -0.3 is 9.15 Å². The molecule has 0 aliphatic heterocycles. The predicted octanol–water partition coefficient (Wildman–Crippen LogP) is 3.50. The third-order valence-corrected chi connectivity index (χ3v) is 3.32. The molecule has 0 atom stereocenters. The van der Waals surface area contributed by atoms with Gasteiger partial charge in [-0.15, -0.1) is 0 Å². The van der Waals surface area contributed by atoms with E-state index in [1.54, 1.807) is 25.3 Å². The minimum absolute atomic E-state index is 0.0913. The first-order valence-corrected chi connectivity index (χ1v) is 7.46. The summed E-state index contributed by atoms with van der Waals surface area (Å²) in [5.41, 5.74) is 4.34. The fourth-order valence-corrected chi connectivity index (χ4v) is 1.92. The van der Waals surface area contributed by atoms with Gasteiger partial charge in [-0.05, 0) is 42.2 Å². The van der Waals surface area contributed by atoms with E-state index in [0.29, 0.717) is 17.2 Å². The van der Waals surface area contributed by atoms with Crippen LogP contribution in [-0.4, -0.2) is 18.2 Å². The summed E-state index contributed by atoms with van der Waals surface area (Å²) in [4.78, 5) is 11.7. The van der Waals surface area contributed by atoms with Gasteiger partial charge in [0.25, 0.3) is 5.91 Å². The third-order valence-electron chi connectivity index (χ3n) is 3.32. The molecule has 2 aromatic rings. The minimum Gasteiger partial charge on any atom is -0.484 e. The standard InChI is InChI=1S/C18H22N2O3/c1-13(16-6-5-11-22-16)19-20-17(21)12-23-15-9-7-14(8-10-15)18(2,3)4/h5-11H,12H2,1-4H3,(H,20,21). The zero-order valence-corrected chi connectivity index (χ0v) is 13.9. The van der Waals surface area contributed by atoms with Gasteiger partial charge >= 0.3 is 0 Å². The van der Waals surface area contributed by atoms with Crippen LogP contribution in [0.15, 0.2) is 52.2 Å². The van der Waals surface area contributed by atoms with Crippen LogP contribution in [0.25, 0.3) is 0 Å². The second-order valence-electron chi connectivity index (χ2n) is 6.27. The quantitative estimate of drug-likeness (QED) is 0.678. The van der Waals surface area contributed by atoms with Crippen molar-refractivity contribution in [2.45, 2.75) is 33.1 Å². The number of hydrogen-bond acceptors (Lipinski definition) is 4. The van der Waals surface area contributed by atoms with E-state index >= 15 is 0 Å². The van der Waals surface area contributed by atoms with Gasteiger partial charge in [0.2, 0.25) is 0 Å². The lowest BCUT2D eigenvalue weighted by molar-refractivity contribution is -0.123. The molecule has 0 aliphatic rings. The first-order chi connectivity index (χ1) is 10.9. The van der Waals surface area contributed by atoms with Gasteiger partial charge in [-0.3, -0.25) is 4.79 Å². The Bertz CT molecular complexity index is 665. The number of nitrogens with zero attached hydrogens (tertiary/aromatic N) is 1. The van der Waals surface area contributed by atoms with Gasteiger partial charge in [0.1, 0.15) is 17.2 Å². The van der Waals surface area contributed by atoms with Crippen molar-refractivity contribution >= 4 is 11.6 Å². The summed E-state index contributed by atoms with van der Waals surface area (Å²) in [5, 5.41) is 3.97.